The average molecular weight is 243 g/mol. The van der Waals surface area contributed by atoms with Crippen molar-refractivity contribution in [2.75, 3.05) is 6.54 Å². The molecule has 1 saturated heterocycles. The summed E-state index contributed by atoms with van der Waals surface area (Å²) in [7, 11) is 0. The van der Waals surface area contributed by atoms with Crippen LogP contribution in [0, 0.1) is 5.92 Å². The van der Waals surface area contributed by atoms with Crippen LogP contribution in [-0.2, 0) is 0 Å². The second-order valence-corrected chi connectivity index (χ2v) is 6.53. The summed E-state index contributed by atoms with van der Waals surface area (Å²) in [6.07, 6.45) is 5.41. The Balaban J connectivity index is 1.72. The maximum Gasteiger partial charge on any atom is 0.0139 e. The van der Waals surface area contributed by atoms with Gasteiger partial charge in [-0.15, -0.1) is 0 Å². The fraction of sp³-hybridized carbons (Fsp3) is 0.647. The van der Waals surface area contributed by atoms with Crippen molar-refractivity contribution < 1.29 is 0 Å². The summed E-state index contributed by atoms with van der Waals surface area (Å²) in [5.41, 5.74) is 3.11. The first-order valence-corrected chi connectivity index (χ1v) is 7.57. The summed E-state index contributed by atoms with van der Waals surface area (Å²) in [4.78, 5) is 0. The standard InChI is InChI=1S/C17H25N/c1-12(2)11-17-16(9-10-18-17)15-7-5-14(6-8-15)13-3-4-13/h5-8,12-13,16-18H,3-4,9-11H2,1-2H3. The predicted octanol–water partition coefficient (Wildman–Crippen LogP) is 4.06. The molecule has 0 amide bonds. The van der Waals surface area contributed by atoms with E-state index in [1.165, 1.54) is 32.2 Å². The van der Waals surface area contributed by atoms with E-state index in [-0.39, 0.29) is 0 Å². The quantitative estimate of drug-likeness (QED) is 0.841. The molecule has 1 nitrogen and oxygen atoms in total. The Kier molecular flexibility index (Phi) is 3.43. The molecular formula is C17H25N. The molecule has 1 aliphatic carbocycles. The Bertz CT molecular complexity index is 389. The maximum atomic E-state index is 3.69. The molecule has 1 saturated carbocycles. The highest BCUT2D eigenvalue weighted by atomic mass is 14.9. The highest BCUT2D eigenvalue weighted by Crippen LogP contribution is 2.40. The van der Waals surface area contributed by atoms with Gasteiger partial charge in [0.2, 0.25) is 0 Å². The molecule has 1 aromatic carbocycles. The first kappa shape index (κ1) is 12.2. The minimum Gasteiger partial charge on any atom is -0.313 e. The second kappa shape index (κ2) is 5.05. The van der Waals surface area contributed by atoms with Gasteiger partial charge in [0.05, 0.1) is 0 Å². The molecule has 2 atom stereocenters. The summed E-state index contributed by atoms with van der Waals surface area (Å²) in [6, 6.07) is 10.2. The summed E-state index contributed by atoms with van der Waals surface area (Å²) in [6.45, 7) is 5.84. The minimum absolute atomic E-state index is 0.691. The molecule has 1 heteroatoms. The molecular weight excluding hydrogens is 218 g/mol. The van der Waals surface area contributed by atoms with Crippen LogP contribution in [-0.4, -0.2) is 12.6 Å². The molecule has 3 rings (SSSR count). The molecule has 98 valence electrons. The predicted molar refractivity (Wildman–Crippen MR) is 77.0 cm³/mol. The number of hydrogen-bond donors (Lipinski definition) is 1. The SMILES string of the molecule is CC(C)CC1NCCC1c1ccc(C2CC2)cc1. The van der Waals surface area contributed by atoms with Gasteiger partial charge in [0, 0.05) is 12.0 Å². The molecule has 1 aromatic rings. The molecule has 0 bridgehead atoms. The van der Waals surface area contributed by atoms with Gasteiger partial charge in [-0.2, -0.15) is 0 Å². The maximum absolute atomic E-state index is 3.69. The van der Waals surface area contributed by atoms with E-state index in [9.17, 15) is 0 Å². The summed E-state index contributed by atoms with van der Waals surface area (Å²) in [5, 5.41) is 3.69. The van der Waals surface area contributed by atoms with Crippen molar-refractivity contribution >= 4 is 0 Å². The zero-order valence-electron chi connectivity index (χ0n) is 11.7. The molecule has 18 heavy (non-hydrogen) atoms. The van der Waals surface area contributed by atoms with Gasteiger partial charge >= 0.3 is 0 Å². The van der Waals surface area contributed by atoms with E-state index in [1.807, 2.05) is 0 Å². The van der Waals surface area contributed by atoms with Crippen molar-refractivity contribution in [3.8, 4) is 0 Å². The molecule has 2 unspecified atom stereocenters. The Labute approximate surface area is 111 Å². The van der Waals surface area contributed by atoms with Gasteiger partial charge in [0.25, 0.3) is 0 Å². The minimum atomic E-state index is 0.691. The number of rotatable bonds is 4. The molecule has 0 spiro atoms. The van der Waals surface area contributed by atoms with Crippen LogP contribution in [0.25, 0.3) is 0 Å². The van der Waals surface area contributed by atoms with Crippen molar-refractivity contribution in [1.29, 1.82) is 0 Å². The Morgan fingerprint density at radius 1 is 1.06 bits per heavy atom. The van der Waals surface area contributed by atoms with Gasteiger partial charge in [-0.3, -0.25) is 0 Å². The zero-order chi connectivity index (χ0) is 12.5. The lowest BCUT2D eigenvalue weighted by atomic mass is 9.87. The van der Waals surface area contributed by atoms with Gasteiger partial charge < -0.3 is 5.32 Å². The van der Waals surface area contributed by atoms with Crippen molar-refractivity contribution in [2.24, 2.45) is 5.92 Å². The fourth-order valence-electron chi connectivity index (χ4n) is 3.35. The molecule has 1 aliphatic heterocycles. The third-order valence-corrected chi connectivity index (χ3v) is 4.49. The van der Waals surface area contributed by atoms with Gasteiger partial charge in [-0.25, -0.2) is 0 Å². The third-order valence-electron chi connectivity index (χ3n) is 4.49. The summed E-state index contributed by atoms with van der Waals surface area (Å²) in [5.74, 6) is 2.40. The normalized spacial score (nSPS) is 27.9. The first-order chi connectivity index (χ1) is 8.74. The summed E-state index contributed by atoms with van der Waals surface area (Å²) < 4.78 is 0. The molecule has 1 heterocycles. The largest absolute Gasteiger partial charge is 0.313 e. The van der Waals surface area contributed by atoms with Crippen LogP contribution in [0.3, 0.4) is 0 Å². The van der Waals surface area contributed by atoms with Gasteiger partial charge in [-0.05, 0) is 55.2 Å². The third kappa shape index (κ3) is 2.61. The van der Waals surface area contributed by atoms with Crippen LogP contribution in [0.1, 0.15) is 62.5 Å². The highest BCUT2D eigenvalue weighted by molar-refractivity contribution is 5.31. The molecule has 1 N–H and O–H groups in total. The lowest BCUT2D eigenvalue weighted by Crippen LogP contribution is -2.27. The van der Waals surface area contributed by atoms with Crippen LogP contribution in [0.15, 0.2) is 24.3 Å². The average Bonchev–Trinajstić information content (AvgIpc) is 3.11. The Morgan fingerprint density at radius 2 is 1.72 bits per heavy atom. The summed E-state index contributed by atoms with van der Waals surface area (Å²) >= 11 is 0. The number of hydrogen-bond acceptors (Lipinski definition) is 1. The van der Waals surface area contributed by atoms with Gasteiger partial charge in [-0.1, -0.05) is 38.1 Å². The van der Waals surface area contributed by atoms with Crippen LogP contribution in [0.4, 0.5) is 0 Å². The van der Waals surface area contributed by atoms with E-state index < -0.39 is 0 Å². The topological polar surface area (TPSA) is 12.0 Å². The molecule has 0 radical (unpaired) electrons. The highest BCUT2D eigenvalue weighted by Gasteiger charge is 2.29. The van der Waals surface area contributed by atoms with Crippen LogP contribution in [0.2, 0.25) is 0 Å². The van der Waals surface area contributed by atoms with Crippen molar-refractivity contribution in [2.45, 2.75) is 57.4 Å². The smallest absolute Gasteiger partial charge is 0.0139 e. The van der Waals surface area contributed by atoms with Crippen LogP contribution in [0.5, 0.6) is 0 Å². The van der Waals surface area contributed by atoms with Gasteiger partial charge in [0.15, 0.2) is 0 Å². The van der Waals surface area contributed by atoms with Crippen molar-refractivity contribution in [3.05, 3.63) is 35.4 Å². The first-order valence-electron chi connectivity index (χ1n) is 7.57. The van der Waals surface area contributed by atoms with Crippen molar-refractivity contribution in [3.63, 3.8) is 0 Å². The Hall–Kier alpha value is -0.820. The van der Waals surface area contributed by atoms with E-state index in [0.29, 0.717) is 6.04 Å². The van der Waals surface area contributed by atoms with E-state index in [4.69, 9.17) is 0 Å². The van der Waals surface area contributed by atoms with Crippen molar-refractivity contribution in [1.82, 2.24) is 5.32 Å². The Morgan fingerprint density at radius 3 is 2.33 bits per heavy atom. The second-order valence-electron chi connectivity index (χ2n) is 6.53. The number of nitrogens with one attached hydrogen (secondary N) is 1. The van der Waals surface area contributed by atoms with Crippen LogP contribution < -0.4 is 5.32 Å². The lowest BCUT2D eigenvalue weighted by Gasteiger charge is -2.22. The number of benzene rings is 1. The molecule has 2 aliphatic rings. The fourth-order valence-corrected chi connectivity index (χ4v) is 3.35. The van der Waals surface area contributed by atoms with Gasteiger partial charge in [0.1, 0.15) is 0 Å². The van der Waals surface area contributed by atoms with Crippen LogP contribution >= 0.6 is 0 Å². The van der Waals surface area contributed by atoms with E-state index in [1.54, 1.807) is 11.1 Å². The molecule has 0 aromatic heterocycles. The van der Waals surface area contributed by atoms with E-state index >= 15 is 0 Å². The van der Waals surface area contributed by atoms with E-state index in [2.05, 4.69) is 43.4 Å². The monoisotopic (exact) mass is 243 g/mol. The zero-order valence-corrected chi connectivity index (χ0v) is 11.7. The lowest BCUT2D eigenvalue weighted by molar-refractivity contribution is 0.434. The molecule has 2 fully saturated rings. The van der Waals surface area contributed by atoms with E-state index in [0.717, 1.165) is 17.8 Å².